The molecular formula is C24H21N3O5. The Morgan fingerprint density at radius 1 is 0.969 bits per heavy atom. The number of pyridine rings is 1. The molecule has 1 N–H and O–H groups in total. The van der Waals surface area contributed by atoms with Gasteiger partial charge in [0.15, 0.2) is 6.17 Å². The molecule has 1 atom stereocenters. The molecule has 1 aromatic heterocycles. The molecule has 0 radical (unpaired) electrons. The quantitative estimate of drug-likeness (QED) is 0.615. The molecule has 162 valence electrons. The van der Waals surface area contributed by atoms with Crippen LogP contribution in [0.2, 0.25) is 0 Å². The Morgan fingerprint density at radius 2 is 1.59 bits per heavy atom. The fourth-order valence-corrected chi connectivity index (χ4v) is 3.63. The van der Waals surface area contributed by atoms with E-state index in [2.05, 4.69) is 10.3 Å². The standard InChI is InChI=1S/C24H21N3O5/c1-14-6-8-18(9-7-14)27-21(20-19(22(27)28)5-4-10-25-20)26-17-12-15(23(29)31-2)11-16(13-17)24(30)32-3/h4-13,21,26H,1-3H3/t21-/m1/s1. The molecule has 8 nitrogen and oxygen atoms in total. The number of fused-ring (bicyclic) bond motifs is 1. The molecule has 1 aliphatic rings. The van der Waals surface area contributed by atoms with Crippen molar-refractivity contribution in [2.24, 2.45) is 0 Å². The van der Waals surface area contributed by atoms with Crippen LogP contribution in [0.25, 0.3) is 0 Å². The third-order valence-electron chi connectivity index (χ3n) is 5.20. The highest BCUT2D eigenvalue weighted by molar-refractivity contribution is 6.11. The first-order valence-corrected chi connectivity index (χ1v) is 9.86. The Morgan fingerprint density at radius 3 is 2.19 bits per heavy atom. The largest absolute Gasteiger partial charge is 0.465 e. The number of methoxy groups -OCH3 is 2. The highest BCUT2D eigenvalue weighted by Gasteiger charge is 2.39. The van der Waals surface area contributed by atoms with Crippen molar-refractivity contribution in [2.45, 2.75) is 13.1 Å². The fraction of sp³-hybridized carbons (Fsp3) is 0.167. The number of carbonyl (C=O) groups excluding carboxylic acids is 3. The molecule has 0 bridgehead atoms. The smallest absolute Gasteiger partial charge is 0.337 e. The molecule has 0 unspecified atom stereocenters. The predicted molar refractivity (Wildman–Crippen MR) is 118 cm³/mol. The van der Waals surface area contributed by atoms with Crippen LogP contribution in [-0.4, -0.2) is 37.0 Å². The van der Waals surface area contributed by atoms with Crippen LogP contribution < -0.4 is 10.2 Å². The van der Waals surface area contributed by atoms with Crippen LogP contribution in [0.4, 0.5) is 11.4 Å². The Balaban J connectivity index is 1.80. The number of benzene rings is 2. The van der Waals surface area contributed by atoms with Gasteiger partial charge in [0, 0.05) is 17.6 Å². The first-order valence-electron chi connectivity index (χ1n) is 9.86. The molecule has 0 spiro atoms. The molecule has 32 heavy (non-hydrogen) atoms. The third-order valence-corrected chi connectivity index (χ3v) is 5.20. The van der Waals surface area contributed by atoms with Gasteiger partial charge in [0.2, 0.25) is 0 Å². The van der Waals surface area contributed by atoms with Gasteiger partial charge in [0.1, 0.15) is 0 Å². The Labute approximate surface area is 184 Å². The third kappa shape index (κ3) is 3.78. The van der Waals surface area contributed by atoms with Gasteiger partial charge in [-0.25, -0.2) is 9.59 Å². The fourth-order valence-electron chi connectivity index (χ4n) is 3.63. The lowest BCUT2D eigenvalue weighted by Gasteiger charge is -2.27. The van der Waals surface area contributed by atoms with Gasteiger partial charge < -0.3 is 14.8 Å². The molecule has 1 amide bonds. The summed E-state index contributed by atoms with van der Waals surface area (Å²) in [5, 5.41) is 3.26. The number of esters is 2. The lowest BCUT2D eigenvalue weighted by atomic mass is 10.1. The van der Waals surface area contributed by atoms with Crippen LogP contribution in [0, 0.1) is 6.92 Å². The Kier molecular flexibility index (Phi) is 5.59. The first-order chi connectivity index (χ1) is 15.4. The zero-order valence-electron chi connectivity index (χ0n) is 17.8. The second kappa shape index (κ2) is 8.50. The Hall–Kier alpha value is -4.20. The van der Waals surface area contributed by atoms with Crippen LogP contribution >= 0.6 is 0 Å². The molecule has 3 aromatic rings. The number of aryl methyl sites for hydroxylation is 1. The van der Waals surface area contributed by atoms with E-state index in [1.54, 1.807) is 35.4 Å². The minimum Gasteiger partial charge on any atom is -0.465 e. The summed E-state index contributed by atoms with van der Waals surface area (Å²) < 4.78 is 9.62. The molecule has 0 fully saturated rings. The number of rotatable bonds is 5. The molecule has 0 saturated heterocycles. The monoisotopic (exact) mass is 431 g/mol. The van der Waals surface area contributed by atoms with E-state index in [-0.39, 0.29) is 17.0 Å². The number of nitrogens with one attached hydrogen (secondary N) is 1. The van der Waals surface area contributed by atoms with Crippen LogP contribution in [-0.2, 0) is 9.47 Å². The van der Waals surface area contributed by atoms with E-state index in [0.717, 1.165) is 5.56 Å². The maximum atomic E-state index is 13.2. The van der Waals surface area contributed by atoms with Crippen molar-refractivity contribution in [1.29, 1.82) is 0 Å². The van der Waals surface area contributed by atoms with Crippen molar-refractivity contribution in [2.75, 3.05) is 24.4 Å². The highest BCUT2D eigenvalue weighted by atomic mass is 16.5. The average molecular weight is 431 g/mol. The predicted octanol–water partition coefficient (Wildman–Crippen LogP) is 3.73. The Bertz CT molecular complexity index is 1170. The van der Waals surface area contributed by atoms with Crippen LogP contribution in [0.15, 0.2) is 60.8 Å². The van der Waals surface area contributed by atoms with Gasteiger partial charge in [0.25, 0.3) is 5.91 Å². The van der Waals surface area contributed by atoms with Gasteiger partial charge in [-0.3, -0.25) is 14.7 Å². The minimum absolute atomic E-state index is 0.172. The van der Waals surface area contributed by atoms with E-state index in [9.17, 15) is 14.4 Å². The molecule has 0 saturated carbocycles. The van der Waals surface area contributed by atoms with Gasteiger partial charge in [-0.1, -0.05) is 17.7 Å². The zero-order valence-corrected chi connectivity index (χ0v) is 17.8. The normalized spacial score (nSPS) is 14.7. The van der Waals surface area contributed by atoms with Crippen molar-refractivity contribution >= 4 is 29.2 Å². The van der Waals surface area contributed by atoms with Crippen molar-refractivity contribution < 1.29 is 23.9 Å². The maximum Gasteiger partial charge on any atom is 0.337 e. The zero-order chi connectivity index (χ0) is 22.8. The second-order valence-corrected chi connectivity index (χ2v) is 7.28. The molecule has 4 rings (SSSR count). The number of ether oxygens (including phenoxy) is 2. The summed E-state index contributed by atoms with van der Waals surface area (Å²) in [7, 11) is 2.52. The van der Waals surface area contributed by atoms with Crippen LogP contribution in [0.5, 0.6) is 0 Å². The summed E-state index contributed by atoms with van der Waals surface area (Å²) in [4.78, 5) is 43.6. The van der Waals surface area contributed by atoms with E-state index in [1.807, 2.05) is 31.2 Å². The molecule has 2 aromatic carbocycles. The first kappa shape index (κ1) is 21.0. The number of aromatic nitrogens is 1. The average Bonchev–Trinajstić information content (AvgIpc) is 3.10. The summed E-state index contributed by atoms with van der Waals surface area (Å²) in [5.74, 6) is -1.41. The van der Waals surface area contributed by atoms with Crippen LogP contribution in [0.3, 0.4) is 0 Å². The van der Waals surface area contributed by atoms with Gasteiger partial charge in [-0.05, 0) is 49.4 Å². The van der Waals surface area contributed by atoms with E-state index in [1.165, 1.54) is 20.3 Å². The second-order valence-electron chi connectivity index (χ2n) is 7.28. The van der Waals surface area contributed by atoms with Gasteiger partial charge in [0.05, 0.1) is 36.6 Å². The van der Waals surface area contributed by atoms with Crippen molar-refractivity contribution in [1.82, 2.24) is 4.98 Å². The molecule has 8 heteroatoms. The topological polar surface area (TPSA) is 97.8 Å². The van der Waals surface area contributed by atoms with Gasteiger partial charge in [-0.15, -0.1) is 0 Å². The number of hydrogen-bond donors (Lipinski definition) is 1. The summed E-state index contributed by atoms with van der Waals surface area (Å²) in [5.41, 5.74) is 3.55. The summed E-state index contributed by atoms with van der Waals surface area (Å²) in [6.45, 7) is 1.97. The number of carbonyl (C=O) groups is 3. The minimum atomic E-state index is -0.653. The summed E-state index contributed by atoms with van der Waals surface area (Å²) >= 11 is 0. The number of nitrogens with zero attached hydrogens (tertiary/aromatic N) is 2. The molecule has 2 heterocycles. The van der Waals surface area contributed by atoms with Gasteiger partial charge in [-0.2, -0.15) is 0 Å². The van der Waals surface area contributed by atoms with Crippen molar-refractivity contribution in [3.05, 3.63) is 88.7 Å². The summed E-state index contributed by atoms with van der Waals surface area (Å²) in [6, 6.07) is 15.5. The van der Waals surface area contributed by atoms with Crippen LogP contribution in [0.1, 0.15) is 48.5 Å². The van der Waals surface area contributed by atoms with E-state index >= 15 is 0 Å². The van der Waals surface area contributed by atoms with E-state index in [0.29, 0.717) is 22.6 Å². The number of amides is 1. The van der Waals surface area contributed by atoms with Crippen molar-refractivity contribution in [3.63, 3.8) is 0 Å². The SMILES string of the molecule is COC(=O)c1cc(N[C@H]2c3ncccc3C(=O)N2c2ccc(C)cc2)cc(C(=O)OC)c1. The molecule has 0 aliphatic carbocycles. The molecule has 1 aliphatic heterocycles. The lowest BCUT2D eigenvalue weighted by Crippen LogP contribution is -2.32. The van der Waals surface area contributed by atoms with E-state index in [4.69, 9.17) is 9.47 Å². The van der Waals surface area contributed by atoms with Gasteiger partial charge >= 0.3 is 11.9 Å². The number of hydrogen-bond acceptors (Lipinski definition) is 7. The molecular weight excluding hydrogens is 410 g/mol. The highest BCUT2D eigenvalue weighted by Crippen LogP contribution is 2.37. The lowest BCUT2D eigenvalue weighted by molar-refractivity contribution is 0.0599. The van der Waals surface area contributed by atoms with E-state index < -0.39 is 18.1 Å². The van der Waals surface area contributed by atoms with Crippen molar-refractivity contribution in [3.8, 4) is 0 Å². The maximum absolute atomic E-state index is 13.2. The summed E-state index contributed by atoms with van der Waals surface area (Å²) in [6.07, 6.45) is 0.962. The number of anilines is 2.